The van der Waals surface area contributed by atoms with E-state index in [0.717, 1.165) is 18.7 Å². The first-order chi connectivity index (χ1) is 10.3. The van der Waals surface area contributed by atoms with E-state index in [1.807, 2.05) is 11.8 Å². The Bertz CT molecular complexity index is 486. The molecule has 2 nitrogen and oxygen atoms in total. The van der Waals surface area contributed by atoms with Crippen LogP contribution >= 0.6 is 11.8 Å². The van der Waals surface area contributed by atoms with Crippen molar-refractivity contribution in [3.8, 4) is 0 Å². The van der Waals surface area contributed by atoms with Crippen LogP contribution in [0.25, 0.3) is 0 Å². The quantitative estimate of drug-likeness (QED) is 0.722. The van der Waals surface area contributed by atoms with Crippen LogP contribution in [0, 0.1) is 5.92 Å². The number of rotatable bonds is 8. The number of hydrogen-bond donors (Lipinski definition) is 2. The van der Waals surface area contributed by atoms with E-state index in [4.69, 9.17) is 0 Å². The molecule has 1 saturated carbocycles. The molecule has 0 bridgehead atoms. The molecule has 3 heteroatoms. The van der Waals surface area contributed by atoms with Gasteiger partial charge in [0.1, 0.15) is 0 Å². The van der Waals surface area contributed by atoms with Crippen molar-refractivity contribution in [2.24, 2.45) is 5.92 Å². The minimum absolute atomic E-state index is 0.0698. The largest absolute Gasteiger partial charge is 0.394 e. The lowest BCUT2D eigenvalue weighted by Gasteiger charge is -2.33. The van der Waals surface area contributed by atoms with Gasteiger partial charge in [-0.3, -0.25) is 0 Å². The number of aryl methyl sites for hydroxylation is 2. The first kappa shape index (κ1) is 15.4. The average molecular weight is 305 g/mol. The second kappa shape index (κ2) is 6.72. The lowest BCUT2D eigenvalue weighted by Crippen LogP contribution is -2.53. The zero-order valence-corrected chi connectivity index (χ0v) is 13.8. The molecule has 0 aliphatic heterocycles. The van der Waals surface area contributed by atoms with E-state index in [1.54, 1.807) is 11.1 Å². The number of benzene rings is 1. The highest BCUT2D eigenvalue weighted by molar-refractivity contribution is 7.99. The van der Waals surface area contributed by atoms with Crippen molar-refractivity contribution in [2.45, 2.75) is 55.9 Å². The van der Waals surface area contributed by atoms with E-state index < -0.39 is 0 Å². The molecule has 0 saturated heterocycles. The summed E-state index contributed by atoms with van der Waals surface area (Å²) in [4.78, 5) is 1.37. The highest BCUT2D eigenvalue weighted by atomic mass is 32.2. The molecule has 0 aromatic heterocycles. The minimum Gasteiger partial charge on any atom is -0.394 e. The maximum absolute atomic E-state index is 9.97. The summed E-state index contributed by atoms with van der Waals surface area (Å²) in [5, 5.41) is 13.6. The molecule has 1 aromatic rings. The second-order valence-electron chi connectivity index (χ2n) is 6.59. The predicted molar refractivity (Wildman–Crippen MR) is 90.0 cm³/mol. The topological polar surface area (TPSA) is 32.3 Å². The molecule has 0 radical (unpaired) electrons. The monoisotopic (exact) mass is 305 g/mol. The molecule has 21 heavy (non-hydrogen) atoms. The zero-order valence-electron chi connectivity index (χ0n) is 13.0. The molecule has 3 rings (SSSR count). The average Bonchev–Trinajstić information content (AvgIpc) is 3.26. The molecule has 0 heterocycles. The summed E-state index contributed by atoms with van der Waals surface area (Å²) in [5.74, 6) is 1.64. The van der Waals surface area contributed by atoms with E-state index >= 15 is 0 Å². The number of fused-ring (bicyclic) bond motifs is 1. The molecule has 1 atom stereocenters. The Kier molecular flexibility index (Phi) is 4.92. The van der Waals surface area contributed by atoms with Crippen molar-refractivity contribution in [2.75, 3.05) is 18.9 Å². The van der Waals surface area contributed by atoms with E-state index in [9.17, 15) is 5.11 Å². The summed E-state index contributed by atoms with van der Waals surface area (Å²) in [6.07, 6.45) is 7.46. The van der Waals surface area contributed by atoms with Gasteiger partial charge in [-0.25, -0.2) is 0 Å². The summed E-state index contributed by atoms with van der Waals surface area (Å²) in [6.45, 7) is 3.45. The summed E-state index contributed by atoms with van der Waals surface area (Å²) >= 11 is 1.91. The van der Waals surface area contributed by atoms with Gasteiger partial charge in [-0.2, -0.15) is 0 Å². The fraction of sp³-hybridized carbons (Fsp3) is 0.667. The third kappa shape index (κ3) is 3.46. The molecule has 2 aliphatic carbocycles. The van der Waals surface area contributed by atoms with Crippen LogP contribution in [0.15, 0.2) is 23.1 Å². The van der Waals surface area contributed by atoms with Gasteiger partial charge < -0.3 is 10.4 Å². The van der Waals surface area contributed by atoms with Crippen LogP contribution in [0.1, 0.15) is 43.7 Å². The molecular weight excluding hydrogens is 278 g/mol. The van der Waals surface area contributed by atoms with E-state index in [1.165, 1.54) is 37.0 Å². The van der Waals surface area contributed by atoms with Gasteiger partial charge in [0.2, 0.25) is 0 Å². The molecule has 1 unspecified atom stereocenters. The molecule has 0 spiro atoms. The second-order valence-corrected chi connectivity index (χ2v) is 7.64. The minimum atomic E-state index is -0.0698. The van der Waals surface area contributed by atoms with Crippen LogP contribution in [0.5, 0.6) is 0 Å². The molecule has 2 N–H and O–H groups in total. The Morgan fingerprint density at radius 3 is 2.81 bits per heavy atom. The van der Waals surface area contributed by atoms with Gasteiger partial charge in [0.25, 0.3) is 0 Å². The highest BCUT2D eigenvalue weighted by Gasteiger charge is 2.44. The Labute approximate surface area is 132 Å². The van der Waals surface area contributed by atoms with Gasteiger partial charge >= 0.3 is 0 Å². The van der Waals surface area contributed by atoms with Crippen molar-refractivity contribution in [3.63, 3.8) is 0 Å². The number of hydrogen-bond acceptors (Lipinski definition) is 3. The van der Waals surface area contributed by atoms with E-state index in [0.29, 0.717) is 5.92 Å². The smallest absolute Gasteiger partial charge is 0.0624 e. The molecule has 116 valence electrons. The van der Waals surface area contributed by atoms with Gasteiger partial charge in [0.15, 0.2) is 0 Å². The molecule has 0 amide bonds. The normalized spacial score (nSPS) is 20.3. The number of nitrogens with one attached hydrogen (secondary N) is 1. The zero-order chi connectivity index (χ0) is 14.7. The SMILES string of the molecule is CCCNC(CO)(CSc1ccc2c(c1)CCC2)C1CC1. The van der Waals surface area contributed by atoms with E-state index in [-0.39, 0.29) is 12.1 Å². The first-order valence-electron chi connectivity index (χ1n) is 8.38. The van der Waals surface area contributed by atoms with Gasteiger partial charge in [-0.05, 0) is 74.2 Å². The lowest BCUT2D eigenvalue weighted by molar-refractivity contribution is 0.159. The summed E-state index contributed by atoms with van der Waals surface area (Å²) < 4.78 is 0. The summed E-state index contributed by atoms with van der Waals surface area (Å²) in [5.41, 5.74) is 3.02. The fourth-order valence-electron chi connectivity index (χ4n) is 3.40. The highest BCUT2D eigenvalue weighted by Crippen LogP contribution is 2.42. The Morgan fingerprint density at radius 2 is 2.10 bits per heavy atom. The molecule has 1 aromatic carbocycles. The predicted octanol–water partition coefficient (Wildman–Crippen LogP) is 3.41. The van der Waals surface area contributed by atoms with Crippen LogP contribution in [-0.4, -0.2) is 29.5 Å². The van der Waals surface area contributed by atoms with Gasteiger partial charge in [-0.15, -0.1) is 11.8 Å². The van der Waals surface area contributed by atoms with Crippen molar-refractivity contribution >= 4 is 11.8 Å². The third-order valence-corrected chi connectivity index (χ3v) is 6.18. The molecular formula is C18H27NOS. The Hall–Kier alpha value is -0.510. The van der Waals surface area contributed by atoms with Crippen LogP contribution in [0.3, 0.4) is 0 Å². The summed E-state index contributed by atoms with van der Waals surface area (Å²) in [7, 11) is 0. The standard InChI is InChI=1S/C18H27NOS/c1-2-10-19-18(12-20,16-7-8-16)13-21-17-9-6-14-4-3-5-15(14)11-17/h6,9,11,16,19-20H,2-5,7-8,10,12-13H2,1H3. The maximum Gasteiger partial charge on any atom is 0.0624 e. The van der Waals surface area contributed by atoms with Crippen LogP contribution in [0.4, 0.5) is 0 Å². The Morgan fingerprint density at radius 1 is 1.29 bits per heavy atom. The molecule has 1 fully saturated rings. The van der Waals surface area contributed by atoms with Crippen molar-refractivity contribution in [1.29, 1.82) is 0 Å². The first-order valence-corrected chi connectivity index (χ1v) is 9.36. The number of aliphatic hydroxyl groups excluding tert-OH is 1. The van der Waals surface area contributed by atoms with Crippen LogP contribution < -0.4 is 5.32 Å². The van der Waals surface area contributed by atoms with Crippen molar-refractivity contribution in [3.05, 3.63) is 29.3 Å². The van der Waals surface area contributed by atoms with Gasteiger partial charge in [0.05, 0.1) is 12.1 Å². The van der Waals surface area contributed by atoms with Gasteiger partial charge in [0, 0.05) is 10.6 Å². The number of aliphatic hydroxyl groups is 1. The molecule has 2 aliphatic rings. The lowest BCUT2D eigenvalue weighted by atomic mass is 9.96. The van der Waals surface area contributed by atoms with E-state index in [2.05, 4.69) is 30.4 Å². The van der Waals surface area contributed by atoms with Crippen molar-refractivity contribution in [1.82, 2.24) is 5.32 Å². The van der Waals surface area contributed by atoms with Crippen LogP contribution in [0.2, 0.25) is 0 Å². The summed E-state index contributed by atoms with van der Waals surface area (Å²) in [6, 6.07) is 6.95. The number of thioether (sulfide) groups is 1. The third-order valence-electron chi connectivity index (χ3n) is 4.93. The van der Waals surface area contributed by atoms with Gasteiger partial charge in [-0.1, -0.05) is 13.0 Å². The van der Waals surface area contributed by atoms with Crippen LogP contribution in [-0.2, 0) is 12.8 Å². The van der Waals surface area contributed by atoms with Crippen molar-refractivity contribution < 1.29 is 5.11 Å². The maximum atomic E-state index is 9.97. The fourth-order valence-corrected chi connectivity index (χ4v) is 4.65. The Balaban J connectivity index is 1.66.